The van der Waals surface area contributed by atoms with Crippen LogP contribution in [0.2, 0.25) is 0 Å². The Balaban J connectivity index is 2.36. The highest BCUT2D eigenvalue weighted by Crippen LogP contribution is 2.26. The molecule has 74 valence electrons. The standard InChI is InChI=1S/C11H20N2/c1-3-13(4-2)11-7-5-10(9-12)6-8-11/h10-11H,3-8H2,1-2H3. The van der Waals surface area contributed by atoms with Crippen molar-refractivity contribution in [3.8, 4) is 6.07 Å². The van der Waals surface area contributed by atoms with Crippen molar-refractivity contribution < 1.29 is 0 Å². The molecule has 0 N–H and O–H groups in total. The first kappa shape index (κ1) is 10.5. The van der Waals surface area contributed by atoms with Crippen LogP contribution in [-0.2, 0) is 0 Å². The van der Waals surface area contributed by atoms with Gasteiger partial charge in [-0.05, 0) is 38.8 Å². The van der Waals surface area contributed by atoms with Gasteiger partial charge in [-0.15, -0.1) is 0 Å². The Morgan fingerprint density at radius 3 is 2.08 bits per heavy atom. The van der Waals surface area contributed by atoms with Crippen LogP contribution in [0.15, 0.2) is 0 Å². The van der Waals surface area contributed by atoms with Crippen molar-refractivity contribution in [2.75, 3.05) is 13.1 Å². The smallest absolute Gasteiger partial charge is 0.0655 e. The molecule has 0 unspecified atom stereocenters. The zero-order chi connectivity index (χ0) is 9.68. The van der Waals surface area contributed by atoms with Crippen LogP contribution in [0.1, 0.15) is 39.5 Å². The second-order valence-corrected chi connectivity index (χ2v) is 3.86. The van der Waals surface area contributed by atoms with E-state index in [2.05, 4.69) is 24.8 Å². The molecule has 0 aromatic heterocycles. The van der Waals surface area contributed by atoms with E-state index in [4.69, 9.17) is 5.26 Å². The first-order chi connectivity index (χ1) is 6.31. The minimum atomic E-state index is 0.340. The van der Waals surface area contributed by atoms with E-state index in [0.717, 1.165) is 32.0 Å². The highest BCUT2D eigenvalue weighted by molar-refractivity contribution is 4.89. The lowest BCUT2D eigenvalue weighted by Crippen LogP contribution is -2.37. The van der Waals surface area contributed by atoms with Crippen molar-refractivity contribution >= 4 is 0 Å². The van der Waals surface area contributed by atoms with Gasteiger partial charge < -0.3 is 4.90 Å². The van der Waals surface area contributed by atoms with E-state index in [1.54, 1.807) is 0 Å². The van der Waals surface area contributed by atoms with E-state index in [1.807, 2.05) is 0 Å². The molecule has 2 nitrogen and oxygen atoms in total. The molecule has 0 aromatic carbocycles. The maximum atomic E-state index is 8.77. The molecule has 0 radical (unpaired) electrons. The minimum Gasteiger partial charge on any atom is -0.301 e. The van der Waals surface area contributed by atoms with Gasteiger partial charge in [0, 0.05) is 12.0 Å². The predicted molar refractivity (Wildman–Crippen MR) is 54.3 cm³/mol. The van der Waals surface area contributed by atoms with Crippen molar-refractivity contribution in [3.05, 3.63) is 0 Å². The van der Waals surface area contributed by atoms with Gasteiger partial charge in [0.2, 0.25) is 0 Å². The van der Waals surface area contributed by atoms with Crippen LogP contribution in [0.5, 0.6) is 0 Å². The maximum absolute atomic E-state index is 8.77. The van der Waals surface area contributed by atoms with E-state index in [-0.39, 0.29) is 0 Å². The molecule has 1 rings (SSSR count). The fourth-order valence-corrected chi connectivity index (χ4v) is 2.31. The van der Waals surface area contributed by atoms with Gasteiger partial charge in [0.05, 0.1) is 6.07 Å². The summed E-state index contributed by atoms with van der Waals surface area (Å²) in [4.78, 5) is 2.52. The lowest BCUT2D eigenvalue weighted by Gasteiger charge is -2.33. The molecule has 0 aliphatic heterocycles. The Morgan fingerprint density at radius 1 is 1.15 bits per heavy atom. The first-order valence-corrected chi connectivity index (χ1v) is 5.45. The number of rotatable bonds is 3. The Morgan fingerprint density at radius 2 is 1.69 bits per heavy atom. The van der Waals surface area contributed by atoms with E-state index in [0.29, 0.717) is 5.92 Å². The highest BCUT2D eigenvalue weighted by atomic mass is 15.1. The summed E-state index contributed by atoms with van der Waals surface area (Å²) >= 11 is 0. The average Bonchev–Trinajstić information content (AvgIpc) is 2.21. The summed E-state index contributed by atoms with van der Waals surface area (Å²) in [6.07, 6.45) is 4.66. The van der Waals surface area contributed by atoms with Crippen LogP contribution in [-0.4, -0.2) is 24.0 Å². The third-order valence-electron chi connectivity index (χ3n) is 3.21. The normalized spacial score (nSPS) is 28.8. The summed E-state index contributed by atoms with van der Waals surface area (Å²) in [5.74, 6) is 0.340. The van der Waals surface area contributed by atoms with Crippen LogP contribution in [0.25, 0.3) is 0 Å². The second kappa shape index (κ2) is 5.24. The molecule has 1 aliphatic carbocycles. The van der Waals surface area contributed by atoms with Crippen molar-refractivity contribution in [3.63, 3.8) is 0 Å². The molecule has 0 atom stereocenters. The Hall–Kier alpha value is -0.550. The number of nitrogens with zero attached hydrogens (tertiary/aromatic N) is 2. The Kier molecular flexibility index (Phi) is 4.24. The lowest BCUT2D eigenvalue weighted by molar-refractivity contribution is 0.160. The summed E-state index contributed by atoms with van der Waals surface area (Å²) in [6.45, 7) is 6.75. The van der Waals surface area contributed by atoms with Gasteiger partial charge in [-0.3, -0.25) is 0 Å². The van der Waals surface area contributed by atoms with Gasteiger partial charge in [0.1, 0.15) is 0 Å². The van der Waals surface area contributed by atoms with Gasteiger partial charge in [-0.25, -0.2) is 0 Å². The molecule has 0 bridgehead atoms. The molecule has 1 aliphatic rings. The fraction of sp³-hybridized carbons (Fsp3) is 0.909. The molecular weight excluding hydrogens is 160 g/mol. The van der Waals surface area contributed by atoms with E-state index in [9.17, 15) is 0 Å². The van der Waals surface area contributed by atoms with Crippen molar-refractivity contribution in [2.24, 2.45) is 5.92 Å². The van der Waals surface area contributed by atoms with Gasteiger partial charge in [0.25, 0.3) is 0 Å². The summed E-state index contributed by atoms with van der Waals surface area (Å²) < 4.78 is 0. The number of nitriles is 1. The lowest BCUT2D eigenvalue weighted by atomic mass is 9.86. The first-order valence-electron chi connectivity index (χ1n) is 5.45. The average molecular weight is 180 g/mol. The molecule has 0 spiro atoms. The van der Waals surface area contributed by atoms with Crippen LogP contribution in [0.4, 0.5) is 0 Å². The summed E-state index contributed by atoms with van der Waals surface area (Å²) in [5.41, 5.74) is 0. The van der Waals surface area contributed by atoms with Crippen molar-refractivity contribution in [1.82, 2.24) is 4.90 Å². The summed E-state index contributed by atoms with van der Waals surface area (Å²) in [6, 6.07) is 3.13. The van der Waals surface area contributed by atoms with Crippen LogP contribution in [0, 0.1) is 17.2 Å². The van der Waals surface area contributed by atoms with E-state index >= 15 is 0 Å². The zero-order valence-electron chi connectivity index (χ0n) is 8.79. The van der Waals surface area contributed by atoms with Crippen LogP contribution < -0.4 is 0 Å². The Labute approximate surface area is 81.5 Å². The molecule has 0 saturated heterocycles. The van der Waals surface area contributed by atoms with Crippen molar-refractivity contribution in [2.45, 2.75) is 45.6 Å². The van der Waals surface area contributed by atoms with Gasteiger partial charge >= 0.3 is 0 Å². The van der Waals surface area contributed by atoms with Crippen molar-refractivity contribution in [1.29, 1.82) is 5.26 Å². The molecular formula is C11H20N2. The van der Waals surface area contributed by atoms with Gasteiger partial charge in [0.15, 0.2) is 0 Å². The van der Waals surface area contributed by atoms with Gasteiger partial charge in [-0.1, -0.05) is 13.8 Å². The highest BCUT2D eigenvalue weighted by Gasteiger charge is 2.23. The quantitative estimate of drug-likeness (QED) is 0.667. The predicted octanol–water partition coefficient (Wildman–Crippen LogP) is 2.41. The molecule has 0 heterocycles. The van der Waals surface area contributed by atoms with E-state index < -0.39 is 0 Å². The third kappa shape index (κ3) is 2.70. The second-order valence-electron chi connectivity index (χ2n) is 3.86. The largest absolute Gasteiger partial charge is 0.301 e. The SMILES string of the molecule is CCN(CC)C1CCC(C#N)CC1. The minimum absolute atomic E-state index is 0.340. The molecule has 1 fully saturated rings. The molecule has 13 heavy (non-hydrogen) atoms. The summed E-state index contributed by atoms with van der Waals surface area (Å²) in [5, 5.41) is 8.77. The van der Waals surface area contributed by atoms with Crippen LogP contribution >= 0.6 is 0 Å². The van der Waals surface area contributed by atoms with E-state index in [1.165, 1.54) is 12.8 Å². The third-order valence-corrected chi connectivity index (χ3v) is 3.21. The summed E-state index contributed by atoms with van der Waals surface area (Å²) in [7, 11) is 0. The monoisotopic (exact) mass is 180 g/mol. The number of hydrogen-bond donors (Lipinski definition) is 0. The zero-order valence-corrected chi connectivity index (χ0v) is 8.79. The number of hydrogen-bond acceptors (Lipinski definition) is 2. The topological polar surface area (TPSA) is 27.0 Å². The molecule has 1 saturated carbocycles. The Bertz CT molecular complexity index is 171. The maximum Gasteiger partial charge on any atom is 0.0655 e. The van der Waals surface area contributed by atoms with Gasteiger partial charge in [-0.2, -0.15) is 5.26 Å². The molecule has 2 heteroatoms. The molecule has 0 amide bonds. The molecule has 0 aromatic rings. The fourth-order valence-electron chi connectivity index (χ4n) is 2.31. The van der Waals surface area contributed by atoms with Crippen LogP contribution in [0.3, 0.4) is 0 Å².